The van der Waals surface area contributed by atoms with Crippen molar-refractivity contribution in [3.63, 3.8) is 0 Å². The van der Waals surface area contributed by atoms with Crippen LogP contribution >= 0.6 is 0 Å². The summed E-state index contributed by atoms with van der Waals surface area (Å²) in [7, 11) is 0. The quantitative estimate of drug-likeness (QED) is 0.833. The fraction of sp³-hybridized carbons (Fsp3) is 0.933. The molecule has 3 nitrogen and oxygen atoms in total. The number of nitrogens with zero attached hydrogens (tertiary/aromatic N) is 1. The van der Waals surface area contributed by atoms with Gasteiger partial charge in [0.05, 0.1) is 5.41 Å². The third-order valence-electron chi connectivity index (χ3n) is 4.87. The molecular weight excluding hydrogens is 224 g/mol. The van der Waals surface area contributed by atoms with Gasteiger partial charge in [0, 0.05) is 19.6 Å². The van der Waals surface area contributed by atoms with E-state index in [2.05, 4.69) is 24.1 Å². The number of carbonyl (C=O) groups excluding carboxylic acids is 1. The molecule has 0 saturated carbocycles. The second-order valence-electron chi connectivity index (χ2n) is 6.11. The molecule has 2 aliphatic rings. The van der Waals surface area contributed by atoms with Gasteiger partial charge < -0.3 is 10.2 Å². The summed E-state index contributed by atoms with van der Waals surface area (Å²) in [6.07, 6.45) is 6.94. The van der Waals surface area contributed by atoms with Crippen LogP contribution < -0.4 is 5.32 Å². The molecule has 0 radical (unpaired) electrons. The van der Waals surface area contributed by atoms with Gasteiger partial charge in [-0.2, -0.15) is 0 Å². The van der Waals surface area contributed by atoms with Crippen LogP contribution in [-0.2, 0) is 4.79 Å². The molecule has 0 aromatic carbocycles. The lowest BCUT2D eigenvalue weighted by Crippen LogP contribution is -2.51. The fourth-order valence-corrected chi connectivity index (χ4v) is 3.60. The van der Waals surface area contributed by atoms with Gasteiger partial charge in [0.2, 0.25) is 5.91 Å². The lowest BCUT2D eigenvalue weighted by Gasteiger charge is -2.38. The Morgan fingerprint density at radius 1 is 1.44 bits per heavy atom. The minimum atomic E-state index is -0.0979. The highest BCUT2D eigenvalue weighted by Crippen LogP contribution is 2.34. The SMILES string of the molecule is CCCC1CCN(C(=O)C2(CC)CCCNC2)C1. The van der Waals surface area contributed by atoms with Crippen molar-refractivity contribution in [1.29, 1.82) is 0 Å². The monoisotopic (exact) mass is 252 g/mol. The minimum absolute atomic E-state index is 0.0979. The Balaban J connectivity index is 1.97. The lowest BCUT2D eigenvalue weighted by atomic mass is 9.77. The van der Waals surface area contributed by atoms with Gasteiger partial charge in [-0.05, 0) is 44.6 Å². The summed E-state index contributed by atoms with van der Waals surface area (Å²) in [6, 6.07) is 0. The summed E-state index contributed by atoms with van der Waals surface area (Å²) in [5.74, 6) is 1.18. The Morgan fingerprint density at radius 2 is 2.28 bits per heavy atom. The van der Waals surface area contributed by atoms with E-state index in [9.17, 15) is 4.79 Å². The molecule has 0 bridgehead atoms. The van der Waals surface area contributed by atoms with E-state index in [4.69, 9.17) is 0 Å². The standard InChI is InChI=1S/C15H28N2O/c1-3-6-13-7-10-17(11-13)14(18)15(4-2)8-5-9-16-12-15/h13,16H,3-12H2,1-2H3. The average Bonchev–Trinajstić information content (AvgIpc) is 2.87. The first-order valence-electron chi connectivity index (χ1n) is 7.72. The molecule has 2 fully saturated rings. The minimum Gasteiger partial charge on any atom is -0.342 e. The van der Waals surface area contributed by atoms with Crippen LogP contribution in [0.2, 0.25) is 0 Å². The van der Waals surface area contributed by atoms with Gasteiger partial charge >= 0.3 is 0 Å². The summed E-state index contributed by atoms with van der Waals surface area (Å²) in [4.78, 5) is 14.9. The molecule has 2 rings (SSSR count). The number of likely N-dealkylation sites (tertiary alicyclic amines) is 1. The summed E-state index contributed by atoms with van der Waals surface area (Å²) >= 11 is 0. The largest absolute Gasteiger partial charge is 0.342 e. The molecule has 0 aromatic heterocycles. The highest BCUT2D eigenvalue weighted by molar-refractivity contribution is 5.83. The Bertz CT molecular complexity index is 284. The van der Waals surface area contributed by atoms with E-state index in [0.29, 0.717) is 5.91 Å². The normalized spacial score (nSPS) is 32.8. The van der Waals surface area contributed by atoms with Crippen LogP contribution in [-0.4, -0.2) is 37.0 Å². The first-order valence-corrected chi connectivity index (χ1v) is 7.72. The van der Waals surface area contributed by atoms with Gasteiger partial charge in [-0.25, -0.2) is 0 Å². The van der Waals surface area contributed by atoms with Crippen LogP contribution in [0.15, 0.2) is 0 Å². The summed E-state index contributed by atoms with van der Waals surface area (Å²) in [5.41, 5.74) is -0.0979. The number of nitrogens with one attached hydrogen (secondary N) is 1. The number of amides is 1. The molecule has 0 spiro atoms. The van der Waals surface area contributed by atoms with Crippen LogP contribution in [0.25, 0.3) is 0 Å². The Hall–Kier alpha value is -0.570. The van der Waals surface area contributed by atoms with Crippen molar-refractivity contribution >= 4 is 5.91 Å². The number of hydrogen-bond acceptors (Lipinski definition) is 2. The smallest absolute Gasteiger partial charge is 0.230 e. The van der Waals surface area contributed by atoms with Gasteiger partial charge in [-0.3, -0.25) is 4.79 Å². The lowest BCUT2D eigenvalue weighted by molar-refractivity contribution is -0.142. The van der Waals surface area contributed by atoms with E-state index in [0.717, 1.165) is 51.4 Å². The highest BCUT2D eigenvalue weighted by Gasteiger charge is 2.42. The Labute approximate surface area is 111 Å². The summed E-state index contributed by atoms with van der Waals surface area (Å²) in [6.45, 7) is 8.37. The number of rotatable bonds is 4. The van der Waals surface area contributed by atoms with Crippen LogP contribution in [0.3, 0.4) is 0 Å². The first kappa shape index (κ1) is 13.9. The second kappa shape index (κ2) is 6.05. The Morgan fingerprint density at radius 3 is 2.89 bits per heavy atom. The number of piperidine rings is 1. The van der Waals surface area contributed by atoms with E-state index < -0.39 is 0 Å². The van der Waals surface area contributed by atoms with Crippen LogP contribution in [0, 0.1) is 11.3 Å². The first-order chi connectivity index (χ1) is 8.72. The van der Waals surface area contributed by atoms with E-state index in [-0.39, 0.29) is 5.41 Å². The van der Waals surface area contributed by atoms with Crippen molar-refractivity contribution in [1.82, 2.24) is 10.2 Å². The maximum absolute atomic E-state index is 12.8. The maximum Gasteiger partial charge on any atom is 0.230 e. The van der Waals surface area contributed by atoms with Crippen LogP contribution in [0.5, 0.6) is 0 Å². The molecule has 1 amide bonds. The molecule has 0 aliphatic carbocycles. The highest BCUT2D eigenvalue weighted by atomic mass is 16.2. The van der Waals surface area contributed by atoms with Crippen LogP contribution in [0.1, 0.15) is 52.4 Å². The summed E-state index contributed by atoms with van der Waals surface area (Å²) < 4.78 is 0. The van der Waals surface area contributed by atoms with Gasteiger partial charge in [-0.15, -0.1) is 0 Å². The molecule has 3 heteroatoms. The maximum atomic E-state index is 12.8. The topological polar surface area (TPSA) is 32.3 Å². The van der Waals surface area contributed by atoms with Crippen molar-refractivity contribution in [3.05, 3.63) is 0 Å². The van der Waals surface area contributed by atoms with E-state index in [1.54, 1.807) is 0 Å². The average molecular weight is 252 g/mol. The molecule has 18 heavy (non-hydrogen) atoms. The van der Waals surface area contributed by atoms with Crippen molar-refractivity contribution in [3.8, 4) is 0 Å². The van der Waals surface area contributed by atoms with Crippen molar-refractivity contribution in [2.75, 3.05) is 26.2 Å². The van der Waals surface area contributed by atoms with Gasteiger partial charge in [0.25, 0.3) is 0 Å². The molecular formula is C15H28N2O. The predicted molar refractivity (Wildman–Crippen MR) is 74.4 cm³/mol. The molecule has 2 saturated heterocycles. The van der Waals surface area contributed by atoms with Gasteiger partial charge in [0.1, 0.15) is 0 Å². The molecule has 104 valence electrons. The fourth-order valence-electron chi connectivity index (χ4n) is 3.60. The zero-order valence-electron chi connectivity index (χ0n) is 12.0. The molecule has 2 heterocycles. The zero-order valence-corrected chi connectivity index (χ0v) is 12.0. The van der Waals surface area contributed by atoms with Crippen molar-refractivity contribution in [2.24, 2.45) is 11.3 Å². The molecule has 0 aromatic rings. The number of carbonyl (C=O) groups is 1. The molecule has 1 N–H and O–H groups in total. The third-order valence-corrected chi connectivity index (χ3v) is 4.87. The van der Waals surface area contributed by atoms with E-state index >= 15 is 0 Å². The summed E-state index contributed by atoms with van der Waals surface area (Å²) in [5, 5.41) is 3.42. The molecule has 2 unspecified atom stereocenters. The zero-order chi connectivity index (χ0) is 13.0. The molecule has 2 aliphatic heterocycles. The van der Waals surface area contributed by atoms with Gasteiger partial charge in [-0.1, -0.05) is 20.3 Å². The van der Waals surface area contributed by atoms with E-state index in [1.807, 2.05) is 0 Å². The Kier molecular flexibility index (Phi) is 4.66. The van der Waals surface area contributed by atoms with Gasteiger partial charge in [0.15, 0.2) is 0 Å². The second-order valence-corrected chi connectivity index (χ2v) is 6.11. The van der Waals surface area contributed by atoms with Crippen LogP contribution in [0.4, 0.5) is 0 Å². The van der Waals surface area contributed by atoms with Crippen molar-refractivity contribution < 1.29 is 4.79 Å². The van der Waals surface area contributed by atoms with E-state index in [1.165, 1.54) is 19.3 Å². The van der Waals surface area contributed by atoms with Crippen molar-refractivity contribution in [2.45, 2.75) is 52.4 Å². The third kappa shape index (κ3) is 2.71. The molecule has 2 atom stereocenters. The number of hydrogen-bond donors (Lipinski definition) is 1. The predicted octanol–water partition coefficient (Wildman–Crippen LogP) is 2.41.